The van der Waals surface area contributed by atoms with Crippen LogP contribution in [0.5, 0.6) is 0 Å². The zero-order valence-corrected chi connectivity index (χ0v) is 11.2. The Bertz CT molecular complexity index is 545. The predicted octanol–water partition coefficient (Wildman–Crippen LogP) is 0.0295. The van der Waals surface area contributed by atoms with Crippen molar-refractivity contribution in [3.8, 4) is 0 Å². The number of aryl methyl sites for hydroxylation is 2. The lowest BCUT2D eigenvalue weighted by atomic mass is 10.2. The molecule has 2 rings (SSSR count). The number of hydrogen-bond donors (Lipinski definition) is 2. The first kappa shape index (κ1) is 13.5. The molecule has 5 nitrogen and oxygen atoms in total. The summed E-state index contributed by atoms with van der Waals surface area (Å²) >= 11 is 0. The minimum absolute atomic E-state index is 0.0587. The second-order valence-corrected chi connectivity index (χ2v) is 6.63. The lowest BCUT2D eigenvalue weighted by Gasteiger charge is -2.17. The van der Waals surface area contributed by atoms with Gasteiger partial charge in [0.2, 0.25) is 10.0 Å². The standard InChI is InChI=1S/C12H17NO4S/c1-8-3-4-12(9(2)5-8)18(16,17)13-6-10(14)11(15)7-13/h3-5,10-11,14-15H,6-7H2,1-2H3/t10-,11+. The molecule has 0 spiro atoms. The fourth-order valence-corrected chi connectivity index (χ4v) is 3.84. The third-order valence-electron chi connectivity index (χ3n) is 3.17. The van der Waals surface area contributed by atoms with Crippen LogP contribution in [0, 0.1) is 13.8 Å². The van der Waals surface area contributed by atoms with Gasteiger partial charge < -0.3 is 10.2 Å². The quantitative estimate of drug-likeness (QED) is 0.795. The van der Waals surface area contributed by atoms with Gasteiger partial charge >= 0.3 is 0 Å². The average Bonchev–Trinajstić information content (AvgIpc) is 2.59. The summed E-state index contributed by atoms with van der Waals surface area (Å²) in [6, 6.07) is 5.11. The summed E-state index contributed by atoms with van der Waals surface area (Å²) in [5, 5.41) is 18.9. The van der Waals surface area contributed by atoms with Gasteiger partial charge in [0.25, 0.3) is 0 Å². The first-order valence-electron chi connectivity index (χ1n) is 5.76. The summed E-state index contributed by atoms with van der Waals surface area (Å²) in [5.74, 6) is 0. The monoisotopic (exact) mass is 271 g/mol. The summed E-state index contributed by atoms with van der Waals surface area (Å²) in [6.07, 6.45) is -2.02. The summed E-state index contributed by atoms with van der Waals surface area (Å²) in [6.45, 7) is 3.52. The maximum Gasteiger partial charge on any atom is 0.243 e. The van der Waals surface area contributed by atoms with Gasteiger partial charge in [-0.3, -0.25) is 0 Å². The average molecular weight is 271 g/mol. The van der Waals surface area contributed by atoms with Crippen molar-refractivity contribution in [2.24, 2.45) is 0 Å². The smallest absolute Gasteiger partial charge is 0.243 e. The number of nitrogens with zero attached hydrogens (tertiary/aromatic N) is 1. The zero-order chi connectivity index (χ0) is 13.5. The van der Waals surface area contributed by atoms with Crippen LogP contribution in [0.2, 0.25) is 0 Å². The fourth-order valence-electron chi connectivity index (χ4n) is 2.16. The van der Waals surface area contributed by atoms with Crippen molar-refractivity contribution in [3.63, 3.8) is 0 Å². The number of aliphatic hydroxyl groups is 2. The third-order valence-corrected chi connectivity index (χ3v) is 5.17. The van der Waals surface area contributed by atoms with Crippen molar-refractivity contribution in [2.75, 3.05) is 13.1 Å². The number of benzene rings is 1. The summed E-state index contributed by atoms with van der Waals surface area (Å²) in [4.78, 5) is 0.231. The van der Waals surface area contributed by atoms with E-state index in [0.29, 0.717) is 5.56 Å². The largest absolute Gasteiger partial charge is 0.389 e. The van der Waals surface area contributed by atoms with Gasteiger partial charge in [0, 0.05) is 13.1 Å². The summed E-state index contributed by atoms with van der Waals surface area (Å²) in [5.41, 5.74) is 1.67. The van der Waals surface area contributed by atoms with E-state index >= 15 is 0 Å². The molecule has 1 heterocycles. The van der Waals surface area contributed by atoms with Crippen molar-refractivity contribution >= 4 is 10.0 Å². The summed E-state index contributed by atoms with van der Waals surface area (Å²) < 4.78 is 25.8. The van der Waals surface area contributed by atoms with Gasteiger partial charge in [0.15, 0.2) is 0 Å². The van der Waals surface area contributed by atoms with Crippen LogP contribution < -0.4 is 0 Å². The van der Waals surface area contributed by atoms with Crippen LogP contribution in [0.25, 0.3) is 0 Å². The van der Waals surface area contributed by atoms with E-state index in [9.17, 15) is 18.6 Å². The first-order chi connectivity index (χ1) is 8.32. The van der Waals surface area contributed by atoms with E-state index in [0.717, 1.165) is 9.87 Å². The van der Waals surface area contributed by atoms with Gasteiger partial charge in [-0.05, 0) is 25.5 Å². The third kappa shape index (κ3) is 2.29. The highest BCUT2D eigenvalue weighted by molar-refractivity contribution is 7.89. The molecule has 2 N–H and O–H groups in total. The van der Waals surface area contributed by atoms with Crippen molar-refractivity contribution in [3.05, 3.63) is 29.3 Å². The van der Waals surface area contributed by atoms with Crippen LogP contribution in [-0.2, 0) is 10.0 Å². The SMILES string of the molecule is Cc1ccc(S(=O)(=O)N2C[C@@H](O)[C@@H](O)C2)c(C)c1. The molecule has 1 aliphatic heterocycles. The minimum Gasteiger partial charge on any atom is -0.389 e. The molecule has 18 heavy (non-hydrogen) atoms. The van der Waals surface area contributed by atoms with Crippen molar-refractivity contribution < 1.29 is 18.6 Å². The Labute approximate surface area is 107 Å². The van der Waals surface area contributed by atoms with E-state index in [1.54, 1.807) is 25.1 Å². The van der Waals surface area contributed by atoms with E-state index in [4.69, 9.17) is 0 Å². The van der Waals surface area contributed by atoms with Gasteiger partial charge in [-0.2, -0.15) is 4.31 Å². The Kier molecular flexibility index (Phi) is 3.46. The van der Waals surface area contributed by atoms with Crippen molar-refractivity contribution in [2.45, 2.75) is 31.0 Å². The highest BCUT2D eigenvalue weighted by Crippen LogP contribution is 2.24. The maximum absolute atomic E-state index is 12.4. The molecular weight excluding hydrogens is 254 g/mol. The number of sulfonamides is 1. The highest BCUT2D eigenvalue weighted by Gasteiger charge is 2.37. The maximum atomic E-state index is 12.4. The van der Waals surface area contributed by atoms with Crippen LogP contribution in [0.1, 0.15) is 11.1 Å². The molecule has 0 aromatic heterocycles. The first-order valence-corrected chi connectivity index (χ1v) is 7.20. The van der Waals surface area contributed by atoms with Crippen LogP contribution in [0.3, 0.4) is 0 Å². The van der Waals surface area contributed by atoms with Crippen molar-refractivity contribution in [1.29, 1.82) is 0 Å². The van der Waals surface area contributed by atoms with E-state index in [1.165, 1.54) is 0 Å². The van der Waals surface area contributed by atoms with E-state index < -0.39 is 22.2 Å². The Balaban J connectivity index is 2.37. The van der Waals surface area contributed by atoms with Crippen LogP contribution >= 0.6 is 0 Å². The molecule has 0 amide bonds. The van der Waals surface area contributed by atoms with Crippen LogP contribution in [0.4, 0.5) is 0 Å². The molecule has 0 saturated carbocycles. The molecule has 1 aromatic rings. The lowest BCUT2D eigenvalue weighted by molar-refractivity contribution is 0.0572. The van der Waals surface area contributed by atoms with E-state index in [-0.39, 0.29) is 18.0 Å². The predicted molar refractivity (Wildman–Crippen MR) is 66.7 cm³/mol. The Morgan fingerprint density at radius 1 is 1.17 bits per heavy atom. The Morgan fingerprint density at radius 2 is 1.72 bits per heavy atom. The van der Waals surface area contributed by atoms with Gasteiger partial charge in [-0.1, -0.05) is 17.7 Å². The Morgan fingerprint density at radius 3 is 2.22 bits per heavy atom. The number of β-amino-alcohol motifs (C(OH)–C–C–N with tert-alkyl or cyclic N) is 2. The van der Waals surface area contributed by atoms with Crippen molar-refractivity contribution in [1.82, 2.24) is 4.31 Å². The van der Waals surface area contributed by atoms with Crippen LogP contribution in [-0.4, -0.2) is 48.2 Å². The highest BCUT2D eigenvalue weighted by atomic mass is 32.2. The molecule has 1 aromatic carbocycles. The topological polar surface area (TPSA) is 77.8 Å². The molecule has 0 unspecified atom stereocenters. The van der Waals surface area contributed by atoms with Crippen LogP contribution in [0.15, 0.2) is 23.1 Å². The molecule has 1 saturated heterocycles. The molecule has 1 fully saturated rings. The molecule has 2 atom stereocenters. The fraction of sp³-hybridized carbons (Fsp3) is 0.500. The molecular formula is C12H17NO4S. The molecule has 0 radical (unpaired) electrons. The second kappa shape index (κ2) is 4.62. The number of hydrogen-bond acceptors (Lipinski definition) is 4. The second-order valence-electron chi connectivity index (χ2n) is 4.73. The summed E-state index contributed by atoms with van der Waals surface area (Å²) in [7, 11) is -3.64. The zero-order valence-electron chi connectivity index (χ0n) is 10.4. The van der Waals surface area contributed by atoms with E-state index in [1.807, 2.05) is 6.92 Å². The lowest BCUT2D eigenvalue weighted by Crippen LogP contribution is -2.30. The molecule has 100 valence electrons. The van der Waals surface area contributed by atoms with Gasteiger partial charge in [-0.15, -0.1) is 0 Å². The van der Waals surface area contributed by atoms with Gasteiger partial charge in [-0.25, -0.2) is 8.42 Å². The minimum atomic E-state index is -3.64. The normalized spacial score (nSPS) is 25.6. The van der Waals surface area contributed by atoms with E-state index in [2.05, 4.69) is 0 Å². The van der Waals surface area contributed by atoms with Gasteiger partial charge in [0.1, 0.15) is 0 Å². The molecule has 0 aliphatic carbocycles. The Hall–Kier alpha value is -0.950. The number of rotatable bonds is 2. The van der Waals surface area contributed by atoms with Gasteiger partial charge in [0.05, 0.1) is 17.1 Å². The molecule has 1 aliphatic rings. The molecule has 6 heteroatoms. The molecule has 0 bridgehead atoms. The number of aliphatic hydroxyl groups excluding tert-OH is 2.